The van der Waals surface area contributed by atoms with Crippen LogP contribution in [-0.4, -0.2) is 17.7 Å². The molecule has 1 heterocycles. The van der Waals surface area contributed by atoms with Crippen molar-refractivity contribution in [3.8, 4) is 0 Å². The average molecular weight is 308 g/mol. The van der Waals surface area contributed by atoms with Crippen molar-refractivity contribution in [1.82, 2.24) is 0 Å². The second-order valence-corrected chi connectivity index (χ2v) is 6.06. The van der Waals surface area contributed by atoms with E-state index in [9.17, 15) is 4.79 Å². The van der Waals surface area contributed by atoms with E-state index < -0.39 is 12.0 Å². The Morgan fingerprint density at radius 2 is 1.70 bits per heavy atom. The van der Waals surface area contributed by atoms with Crippen LogP contribution < -0.4 is 5.73 Å². The van der Waals surface area contributed by atoms with Gasteiger partial charge in [0.15, 0.2) is 0 Å². The molecule has 0 unspecified atom stereocenters. The maximum Gasteiger partial charge on any atom is 0.262 e. The van der Waals surface area contributed by atoms with Crippen LogP contribution in [0.25, 0.3) is 0 Å². The second kappa shape index (κ2) is 5.88. The normalized spacial score (nSPS) is 20.0. The molecule has 0 saturated carbocycles. The lowest BCUT2D eigenvalue weighted by Gasteiger charge is -2.22. The van der Waals surface area contributed by atoms with Gasteiger partial charge in [-0.1, -0.05) is 53.2 Å². The second-order valence-electron chi connectivity index (χ2n) is 6.06. The molecule has 4 nitrogen and oxygen atoms in total. The molecule has 0 radical (unpaired) electrons. The number of primary amides is 1. The molecule has 0 bridgehead atoms. The first-order valence-electron chi connectivity index (χ1n) is 7.65. The Labute approximate surface area is 136 Å². The third-order valence-electron chi connectivity index (χ3n) is 4.26. The van der Waals surface area contributed by atoms with Crippen LogP contribution >= 0.6 is 0 Å². The number of nitrogens with two attached hydrogens (primary N) is 1. The van der Waals surface area contributed by atoms with Crippen molar-refractivity contribution < 1.29 is 9.63 Å². The summed E-state index contributed by atoms with van der Waals surface area (Å²) in [5.74, 6) is -0.778. The summed E-state index contributed by atoms with van der Waals surface area (Å²) in [6.07, 6.45) is -0.773. The number of oxime groups is 1. The molecule has 1 amide bonds. The van der Waals surface area contributed by atoms with E-state index in [2.05, 4.69) is 24.2 Å². The molecule has 3 rings (SSSR count). The Morgan fingerprint density at radius 3 is 2.26 bits per heavy atom. The van der Waals surface area contributed by atoms with Gasteiger partial charge in [0.2, 0.25) is 6.10 Å². The van der Waals surface area contributed by atoms with E-state index in [1.165, 1.54) is 5.56 Å². The van der Waals surface area contributed by atoms with Crippen molar-refractivity contribution in [1.29, 1.82) is 0 Å². The van der Waals surface area contributed by atoms with Crippen molar-refractivity contribution in [2.75, 3.05) is 0 Å². The summed E-state index contributed by atoms with van der Waals surface area (Å²) in [6.45, 7) is 6.16. The van der Waals surface area contributed by atoms with Crippen LogP contribution in [0.3, 0.4) is 0 Å². The highest BCUT2D eigenvalue weighted by molar-refractivity contribution is 6.09. The molecule has 0 aliphatic carbocycles. The van der Waals surface area contributed by atoms with E-state index in [0.29, 0.717) is 0 Å². The maximum absolute atomic E-state index is 11.9. The summed E-state index contributed by atoms with van der Waals surface area (Å²) in [6, 6.07) is 14.0. The number of benzene rings is 2. The average Bonchev–Trinajstić information content (AvgIpc) is 2.92. The molecule has 0 aromatic heterocycles. The van der Waals surface area contributed by atoms with Gasteiger partial charge in [0.05, 0.1) is 11.6 Å². The van der Waals surface area contributed by atoms with Gasteiger partial charge in [0, 0.05) is 5.56 Å². The van der Waals surface area contributed by atoms with Crippen LogP contribution in [0.5, 0.6) is 0 Å². The first-order valence-corrected chi connectivity index (χ1v) is 7.65. The molecule has 0 spiro atoms. The molecule has 1 aliphatic rings. The standard InChI is InChI=1S/C19H20N2O2/c1-11-9-12(2)15(13(3)10-11)16-17(14-7-5-4-6-8-14)21-23-18(16)19(20)22/h4-10,16,18H,1-3H3,(H2,20,22)/t16-,18-/m1/s1. The number of hydrogen-bond acceptors (Lipinski definition) is 3. The van der Waals surface area contributed by atoms with E-state index >= 15 is 0 Å². The molecule has 2 N–H and O–H groups in total. The Balaban J connectivity index is 2.15. The summed E-state index contributed by atoms with van der Waals surface area (Å²) < 4.78 is 0. The van der Waals surface area contributed by atoms with Gasteiger partial charge in [0.1, 0.15) is 0 Å². The third kappa shape index (κ3) is 2.72. The lowest BCUT2D eigenvalue weighted by Crippen LogP contribution is -2.35. The van der Waals surface area contributed by atoms with Gasteiger partial charge in [-0.25, -0.2) is 0 Å². The predicted octanol–water partition coefficient (Wildman–Crippen LogP) is 2.98. The monoisotopic (exact) mass is 308 g/mol. The minimum absolute atomic E-state index is 0.282. The highest BCUT2D eigenvalue weighted by atomic mass is 16.6. The topological polar surface area (TPSA) is 64.7 Å². The van der Waals surface area contributed by atoms with Gasteiger partial charge >= 0.3 is 0 Å². The highest BCUT2D eigenvalue weighted by Gasteiger charge is 2.41. The smallest absolute Gasteiger partial charge is 0.262 e. The Morgan fingerprint density at radius 1 is 1.09 bits per heavy atom. The lowest BCUT2D eigenvalue weighted by atomic mass is 9.81. The Bertz CT molecular complexity index is 758. The van der Waals surface area contributed by atoms with E-state index in [1.807, 2.05) is 44.2 Å². The zero-order valence-electron chi connectivity index (χ0n) is 13.5. The number of hydrogen-bond donors (Lipinski definition) is 1. The molecule has 2 aromatic rings. The fraction of sp³-hybridized carbons (Fsp3) is 0.263. The van der Waals surface area contributed by atoms with Crippen molar-refractivity contribution in [3.63, 3.8) is 0 Å². The molecule has 4 heteroatoms. The SMILES string of the molecule is Cc1cc(C)c([C@@H]2C(c3ccccc3)=NO[C@H]2C(N)=O)c(C)c1. The molecule has 0 fully saturated rings. The first-order chi connectivity index (χ1) is 11.0. The van der Waals surface area contributed by atoms with E-state index in [4.69, 9.17) is 10.6 Å². The van der Waals surface area contributed by atoms with E-state index in [1.54, 1.807) is 0 Å². The number of carbonyl (C=O) groups excluding carboxylic acids is 1. The fourth-order valence-electron chi connectivity index (χ4n) is 3.40. The molecular weight excluding hydrogens is 288 g/mol. The largest absolute Gasteiger partial charge is 0.381 e. The maximum atomic E-state index is 11.9. The van der Waals surface area contributed by atoms with Crippen molar-refractivity contribution in [2.24, 2.45) is 10.9 Å². The molecule has 0 saturated heterocycles. The molecule has 23 heavy (non-hydrogen) atoms. The predicted molar refractivity (Wildman–Crippen MR) is 90.4 cm³/mol. The van der Waals surface area contributed by atoms with Crippen LogP contribution in [0, 0.1) is 20.8 Å². The van der Waals surface area contributed by atoms with E-state index in [0.717, 1.165) is 28.0 Å². The van der Waals surface area contributed by atoms with Crippen molar-refractivity contribution in [2.45, 2.75) is 32.8 Å². The summed E-state index contributed by atoms with van der Waals surface area (Å²) in [7, 11) is 0. The van der Waals surface area contributed by atoms with Crippen LogP contribution in [0.1, 0.15) is 33.7 Å². The summed E-state index contributed by atoms with van der Waals surface area (Å²) >= 11 is 0. The number of aryl methyl sites for hydroxylation is 3. The lowest BCUT2D eigenvalue weighted by molar-refractivity contribution is -0.128. The summed E-state index contributed by atoms with van der Waals surface area (Å²) in [4.78, 5) is 17.3. The molecule has 1 aliphatic heterocycles. The van der Waals surface area contributed by atoms with Gasteiger partial charge in [0.25, 0.3) is 5.91 Å². The van der Waals surface area contributed by atoms with Crippen molar-refractivity contribution >= 4 is 11.6 Å². The molecule has 2 atom stereocenters. The zero-order valence-corrected chi connectivity index (χ0v) is 13.5. The van der Waals surface area contributed by atoms with Crippen LogP contribution in [0.15, 0.2) is 47.6 Å². The fourth-order valence-corrected chi connectivity index (χ4v) is 3.40. The quantitative estimate of drug-likeness (QED) is 0.947. The first kappa shape index (κ1) is 15.3. The van der Waals surface area contributed by atoms with Gasteiger partial charge in [-0.2, -0.15) is 0 Å². The molecule has 2 aromatic carbocycles. The summed E-state index contributed by atoms with van der Waals surface area (Å²) in [5.41, 5.74) is 11.8. The minimum Gasteiger partial charge on any atom is -0.381 e. The third-order valence-corrected chi connectivity index (χ3v) is 4.26. The minimum atomic E-state index is -0.773. The number of amides is 1. The number of nitrogens with zero attached hydrogens (tertiary/aromatic N) is 1. The van der Waals surface area contributed by atoms with Crippen molar-refractivity contribution in [3.05, 3.63) is 70.3 Å². The molecular formula is C19H20N2O2. The highest BCUT2D eigenvalue weighted by Crippen LogP contribution is 2.36. The molecule has 118 valence electrons. The van der Waals surface area contributed by atoms with Gasteiger partial charge in [-0.3, -0.25) is 4.79 Å². The van der Waals surface area contributed by atoms with Gasteiger partial charge in [-0.15, -0.1) is 0 Å². The Hall–Kier alpha value is -2.62. The van der Waals surface area contributed by atoms with Crippen LogP contribution in [-0.2, 0) is 9.63 Å². The summed E-state index contributed by atoms with van der Waals surface area (Å²) in [5, 5.41) is 4.19. The van der Waals surface area contributed by atoms with E-state index in [-0.39, 0.29) is 5.92 Å². The van der Waals surface area contributed by atoms with Crippen LogP contribution in [0.2, 0.25) is 0 Å². The van der Waals surface area contributed by atoms with Crippen LogP contribution in [0.4, 0.5) is 0 Å². The number of rotatable bonds is 3. The van der Waals surface area contributed by atoms with Gasteiger partial charge in [-0.05, 0) is 37.5 Å². The number of carbonyl (C=O) groups is 1. The van der Waals surface area contributed by atoms with Gasteiger partial charge < -0.3 is 10.6 Å². The zero-order chi connectivity index (χ0) is 16.6. The Kier molecular flexibility index (Phi) is 3.90.